The molecule has 0 aliphatic carbocycles. The molecule has 68 heavy (non-hydrogen) atoms. The van der Waals surface area contributed by atoms with E-state index in [4.69, 9.17) is 9.47 Å². The third-order valence-electron chi connectivity index (χ3n) is 9.96. The Hall–Kier alpha value is -9.24. The molecule has 0 unspecified atom stereocenters. The molecule has 0 aliphatic heterocycles. The first kappa shape index (κ1) is 48.2. The fourth-order valence-electron chi connectivity index (χ4n) is 5.88. The number of esters is 2. The quantitative estimate of drug-likeness (QED) is 0.0723. The maximum Gasteiger partial charge on any atom is 0.338 e. The smallest absolute Gasteiger partial charge is 0.338 e. The average molecular weight is 881 g/mol. The van der Waals surface area contributed by atoms with Crippen molar-refractivity contribution in [3.8, 4) is 70.7 Å². The number of benzene rings is 7. The molecular formula is C64H48O4. The van der Waals surface area contributed by atoms with Crippen LogP contribution in [0.3, 0.4) is 0 Å². The summed E-state index contributed by atoms with van der Waals surface area (Å²) < 4.78 is 10.4. The molecule has 7 aromatic rings. The molecule has 0 aliphatic rings. The first-order valence-electron chi connectivity index (χ1n) is 22.1. The summed E-state index contributed by atoms with van der Waals surface area (Å²) in [5.74, 6) is 31.8. The number of carbonyl (C=O) groups excluding carboxylic acids is 2. The lowest BCUT2D eigenvalue weighted by molar-refractivity contribution is -0.130. The minimum absolute atomic E-state index is 0.356. The second kappa shape index (κ2) is 24.7. The molecule has 7 rings (SSSR count). The van der Waals surface area contributed by atoms with Crippen molar-refractivity contribution >= 4 is 11.9 Å². The van der Waals surface area contributed by atoms with E-state index in [1.54, 1.807) is 38.1 Å². The number of ether oxygens (including phenoxy) is 2. The van der Waals surface area contributed by atoms with Gasteiger partial charge in [-0.25, -0.2) is 9.59 Å². The molecule has 0 atom stereocenters. The number of aryl methyl sites for hydroxylation is 2. The van der Waals surface area contributed by atoms with Gasteiger partial charge in [-0.3, -0.25) is 0 Å². The summed E-state index contributed by atoms with van der Waals surface area (Å²) in [5.41, 5.74) is 12.6. The number of carbonyl (C=O) groups is 2. The predicted octanol–water partition coefficient (Wildman–Crippen LogP) is 12.5. The van der Waals surface area contributed by atoms with Gasteiger partial charge in [0, 0.05) is 66.8 Å². The minimum atomic E-state index is -0.442. The van der Waals surface area contributed by atoms with Gasteiger partial charge < -0.3 is 9.47 Å². The van der Waals surface area contributed by atoms with Crippen LogP contribution in [-0.4, -0.2) is 11.9 Å². The Morgan fingerprint density at radius 3 is 0.647 bits per heavy atom. The van der Waals surface area contributed by atoms with Crippen LogP contribution in [0.15, 0.2) is 194 Å². The third kappa shape index (κ3) is 15.8. The van der Waals surface area contributed by atoms with Crippen LogP contribution in [0.2, 0.25) is 0 Å². The van der Waals surface area contributed by atoms with Gasteiger partial charge >= 0.3 is 11.9 Å². The van der Waals surface area contributed by atoms with Crippen LogP contribution in [-0.2, 0) is 22.4 Å². The van der Waals surface area contributed by atoms with E-state index in [2.05, 4.69) is 135 Å². The van der Waals surface area contributed by atoms with Crippen LogP contribution in [0.25, 0.3) is 0 Å². The molecule has 0 N–H and O–H groups in total. The van der Waals surface area contributed by atoms with Crippen LogP contribution >= 0.6 is 0 Å². The molecule has 328 valence electrons. The Labute approximate surface area is 401 Å². The van der Waals surface area contributed by atoms with Crippen LogP contribution in [0.5, 0.6) is 11.5 Å². The fraction of sp³-hybridized carbons (Fsp3) is 0.0938. The van der Waals surface area contributed by atoms with E-state index in [-0.39, 0.29) is 0 Å². The van der Waals surface area contributed by atoms with E-state index >= 15 is 0 Å². The first-order valence-corrected chi connectivity index (χ1v) is 22.1. The molecule has 0 amide bonds. The largest absolute Gasteiger partial charge is 0.423 e. The summed E-state index contributed by atoms with van der Waals surface area (Å²) in [6, 6.07) is 54.5. The molecule has 0 saturated heterocycles. The van der Waals surface area contributed by atoms with Crippen molar-refractivity contribution in [1.29, 1.82) is 0 Å². The lowest BCUT2D eigenvalue weighted by Crippen LogP contribution is -2.07. The van der Waals surface area contributed by atoms with Crippen LogP contribution in [0, 0.1) is 59.2 Å². The zero-order chi connectivity index (χ0) is 48.1. The monoisotopic (exact) mass is 880 g/mol. The maximum absolute atomic E-state index is 11.6. The minimum Gasteiger partial charge on any atom is -0.423 e. The molecule has 0 fully saturated rings. The molecule has 0 saturated carbocycles. The molecule has 0 bridgehead atoms. The van der Waals surface area contributed by atoms with Crippen molar-refractivity contribution in [2.75, 3.05) is 0 Å². The summed E-state index contributed by atoms with van der Waals surface area (Å²) in [6.45, 7) is 14.7. The summed E-state index contributed by atoms with van der Waals surface area (Å²) in [5, 5.41) is 0. The highest BCUT2D eigenvalue weighted by atomic mass is 16.5. The Morgan fingerprint density at radius 1 is 0.324 bits per heavy atom. The normalized spacial score (nSPS) is 9.53. The molecule has 7 aromatic carbocycles. The van der Waals surface area contributed by atoms with Gasteiger partial charge in [-0.2, -0.15) is 0 Å². The van der Waals surface area contributed by atoms with Gasteiger partial charge in [0.25, 0.3) is 0 Å². The van der Waals surface area contributed by atoms with Crippen LogP contribution < -0.4 is 9.47 Å². The van der Waals surface area contributed by atoms with Gasteiger partial charge in [0.05, 0.1) is 0 Å². The maximum atomic E-state index is 11.6. The Kier molecular flexibility index (Phi) is 17.5. The van der Waals surface area contributed by atoms with Gasteiger partial charge in [-0.05, 0) is 183 Å². The second-order valence-corrected chi connectivity index (χ2v) is 15.5. The molecule has 4 nitrogen and oxygen atoms in total. The van der Waals surface area contributed by atoms with E-state index in [0.29, 0.717) is 22.6 Å². The zero-order valence-electron chi connectivity index (χ0n) is 38.6. The summed E-state index contributed by atoms with van der Waals surface area (Å²) in [7, 11) is 0. The first-order chi connectivity index (χ1) is 33.0. The Balaban J connectivity index is 0.000000230. The topological polar surface area (TPSA) is 52.6 Å². The number of rotatable bonds is 6. The fourth-order valence-corrected chi connectivity index (χ4v) is 5.88. The summed E-state index contributed by atoms with van der Waals surface area (Å²) in [4.78, 5) is 23.1. The van der Waals surface area contributed by atoms with E-state index in [1.165, 1.54) is 11.1 Å². The van der Waals surface area contributed by atoms with E-state index in [0.717, 1.165) is 68.5 Å². The van der Waals surface area contributed by atoms with E-state index < -0.39 is 11.9 Å². The standard InChI is InChI=1S/C36H26O2.C28H22O2/c1-4-28-5-7-29(8-6-28)9-10-30-11-13-31(14-12-30)15-16-32-17-19-33(20-18-32)21-22-34-23-25-35(26-24-34)38-36(37)27(2)3;1-4-22-5-7-23(8-6-22)9-10-24-11-13-25(14-12-24)15-16-26-17-19-27(20-18-26)30-28(29)21(2)3/h5-8,11-14,17-20,23-26H,2,4H2,1,3H3;5-8,11-14,17-20H,2,4H2,1,3H3. The zero-order valence-corrected chi connectivity index (χ0v) is 38.6. The Bertz CT molecular complexity index is 3220. The van der Waals surface area contributed by atoms with Crippen molar-refractivity contribution in [2.24, 2.45) is 0 Å². The van der Waals surface area contributed by atoms with Crippen molar-refractivity contribution in [2.45, 2.75) is 40.5 Å². The molecule has 0 spiro atoms. The molecule has 0 heterocycles. The summed E-state index contributed by atoms with van der Waals surface area (Å²) >= 11 is 0. The molecule has 4 heteroatoms. The van der Waals surface area contributed by atoms with Gasteiger partial charge in [-0.1, -0.05) is 110 Å². The van der Waals surface area contributed by atoms with E-state index in [1.807, 2.05) is 97.1 Å². The average Bonchev–Trinajstić information content (AvgIpc) is 3.37. The number of hydrogen-bond acceptors (Lipinski definition) is 4. The SMILES string of the molecule is C=C(C)C(=O)Oc1ccc(C#Cc2ccc(C#Cc3ccc(C#Cc4ccc(CC)cc4)cc3)cc2)cc1.C=C(C)C(=O)Oc1ccc(C#Cc2ccc(C#Cc3ccc(CC)cc3)cc2)cc1. The molecule has 0 radical (unpaired) electrons. The van der Waals surface area contributed by atoms with Crippen molar-refractivity contribution < 1.29 is 19.1 Å². The third-order valence-corrected chi connectivity index (χ3v) is 9.96. The Morgan fingerprint density at radius 2 is 0.485 bits per heavy atom. The van der Waals surface area contributed by atoms with Gasteiger partial charge in [-0.15, -0.1) is 0 Å². The van der Waals surface area contributed by atoms with Gasteiger partial charge in [0.15, 0.2) is 0 Å². The summed E-state index contributed by atoms with van der Waals surface area (Å²) in [6.07, 6.45) is 2.06. The number of hydrogen-bond donors (Lipinski definition) is 0. The van der Waals surface area contributed by atoms with Crippen molar-refractivity contribution in [1.82, 2.24) is 0 Å². The van der Waals surface area contributed by atoms with Crippen molar-refractivity contribution in [3.05, 3.63) is 261 Å². The lowest BCUT2D eigenvalue weighted by atomic mass is 10.1. The highest BCUT2D eigenvalue weighted by Crippen LogP contribution is 2.15. The second-order valence-electron chi connectivity index (χ2n) is 15.5. The highest BCUT2D eigenvalue weighted by molar-refractivity contribution is 5.89. The highest BCUT2D eigenvalue weighted by Gasteiger charge is 2.06. The van der Waals surface area contributed by atoms with Crippen LogP contribution in [0.1, 0.15) is 94.5 Å². The van der Waals surface area contributed by atoms with E-state index in [9.17, 15) is 9.59 Å². The molecular weight excluding hydrogens is 833 g/mol. The van der Waals surface area contributed by atoms with Crippen LogP contribution in [0.4, 0.5) is 0 Å². The van der Waals surface area contributed by atoms with Gasteiger partial charge in [0.1, 0.15) is 11.5 Å². The van der Waals surface area contributed by atoms with Crippen molar-refractivity contribution in [3.63, 3.8) is 0 Å². The predicted molar refractivity (Wildman–Crippen MR) is 275 cm³/mol. The van der Waals surface area contributed by atoms with Gasteiger partial charge in [0.2, 0.25) is 0 Å². The molecule has 0 aromatic heterocycles. The lowest BCUT2D eigenvalue weighted by Gasteiger charge is -2.03.